The van der Waals surface area contributed by atoms with Gasteiger partial charge in [-0.15, -0.1) is 0 Å². The van der Waals surface area contributed by atoms with Gasteiger partial charge in [-0.05, 0) is 62.6 Å². The molecule has 2 aromatic carbocycles. The van der Waals surface area contributed by atoms with E-state index in [0.29, 0.717) is 38.4 Å². The number of carbonyl (C=O) groups is 1. The average Bonchev–Trinajstić information content (AvgIpc) is 3.27. The van der Waals surface area contributed by atoms with Crippen LogP contribution in [0.1, 0.15) is 34.0 Å². The van der Waals surface area contributed by atoms with Gasteiger partial charge in [-0.1, -0.05) is 24.3 Å². The Balaban J connectivity index is 1.56. The highest BCUT2D eigenvalue weighted by Gasteiger charge is 2.35. The summed E-state index contributed by atoms with van der Waals surface area (Å²) < 4.78 is 30.0. The molecule has 3 aromatic rings. The predicted molar refractivity (Wildman–Crippen MR) is 134 cm³/mol. The summed E-state index contributed by atoms with van der Waals surface area (Å²) in [6, 6.07) is 13.6. The Morgan fingerprint density at radius 1 is 1.03 bits per heavy atom. The van der Waals surface area contributed by atoms with Gasteiger partial charge in [0.2, 0.25) is 5.03 Å². The summed E-state index contributed by atoms with van der Waals surface area (Å²) in [5.41, 5.74) is 5.21. The first kappa shape index (κ1) is 24.0. The fourth-order valence-electron chi connectivity index (χ4n) is 4.20. The van der Waals surface area contributed by atoms with Gasteiger partial charge in [0.25, 0.3) is 15.9 Å². The minimum atomic E-state index is -3.94. The van der Waals surface area contributed by atoms with Crippen LogP contribution in [-0.2, 0) is 16.6 Å². The number of nitrogens with zero attached hydrogens (tertiary/aromatic N) is 4. The van der Waals surface area contributed by atoms with Crippen LogP contribution in [-0.4, -0.2) is 54.6 Å². The van der Waals surface area contributed by atoms with Crippen LogP contribution in [0.3, 0.4) is 0 Å². The lowest BCUT2D eigenvalue weighted by Gasteiger charge is -2.36. The molecule has 1 amide bonds. The Labute approximate surface area is 201 Å². The number of aromatic nitrogens is 2. The number of sulfonamides is 1. The van der Waals surface area contributed by atoms with Crippen molar-refractivity contribution in [1.29, 1.82) is 0 Å². The van der Waals surface area contributed by atoms with E-state index in [0.717, 1.165) is 11.3 Å². The molecule has 9 heteroatoms. The third-order valence-electron chi connectivity index (χ3n) is 6.31. The van der Waals surface area contributed by atoms with E-state index in [1.54, 1.807) is 6.07 Å². The maximum atomic E-state index is 13.6. The lowest BCUT2D eigenvalue weighted by molar-refractivity contribution is 0.102. The van der Waals surface area contributed by atoms with Gasteiger partial charge in [0.15, 0.2) is 0 Å². The monoisotopic (exact) mass is 481 g/mol. The molecule has 1 saturated heterocycles. The maximum absolute atomic E-state index is 13.6. The fourth-order valence-corrected chi connectivity index (χ4v) is 5.72. The van der Waals surface area contributed by atoms with E-state index in [1.807, 2.05) is 38.1 Å². The normalized spacial score (nSPS) is 14.9. The topological polar surface area (TPSA) is 87.5 Å². The molecule has 1 aromatic heterocycles. The van der Waals surface area contributed by atoms with Crippen molar-refractivity contribution in [2.75, 3.05) is 36.4 Å². The number of nitrogens with one attached hydrogen (secondary N) is 1. The minimum absolute atomic E-state index is 0.0558. The molecule has 1 aliphatic rings. The summed E-state index contributed by atoms with van der Waals surface area (Å²) in [7, 11) is -3.94. The van der Waals surface area contributed by atoms with Crippen LogP contribution in [0.5, 0.6) is 0 Å². The molecule has 1 fully saturated rings. The molecule has 0 spiro atoms. The van der Waals surface area contributed by atoms with Gasteiger partial charge in [-0.3, -0.25) is 9.48 Å². The zero-order valence-corrected chi connectivity index (χ0v) is 20.9. The summed E-state index contributed by atoms with van der Waals surface area (Å²) in [6.07, 6.45) is 1.50. The molecule has 1 N–H and O–H groups in total. The fraction of sp³-hybridized carbons (Fsp3) is 0.360. The number of amides is 1. The van der Waals surface area contributed by atoms with E-state index in [2.05, 4.69) is 41.3 Å². The second kappa shape index (κ2) is 9.60. The Kier molecular flexibility index (Phi) is 6.77. The first-order valence-corrected chi connectivity index (χ1v) is 12.9. The number of piperazine rings is 1. The van der Waals surface area contributed by atoms with Gasteiger partial charge >= 0.3 is 0 Å². The second-order valence-electron chi connectivity index (χ2n) is 8.64. The van der Waals surface area contributed by atoms with Crippen LogP contribution >= 0.6 is 0 Å². The van der Waals surface area contributed by atoms with E-state index in [4.69, 9.17) is 0 Å². The highest BCUT2D eigenvalue weighted by Crippen LogP contribution is 2.26. The number of hydrogen-bond acceptors (Lipinski definition) is 5. The summed E-state index contributed by atoms with van der Waals surface area (Å²) in [6.45, 7) is 10.2. The summed E-state index contributed by atoms with van der Waals surface area (Å²) >= 11 is 0. The lowest BCUT2D eigenvalue weighted by atomic mass is 10.1. The molecule has 0 unspecified atom stereocenters. The van der Waals surface area contributed by atoms with Gasteiger partial charge < -0.3 is 10.2 Å². The molecule has 34 heavy (non-hydrogen) atoms. The Hall–Kier alpha value is -3.17. The Morgan fingerprint density at radius 3 is 2.41 bits per heavy atom. The van der Waals surface area contributed by atoms with Gasteiger partial charge in [-0.25, -0.2) is 8.42 Å². The first-order valence-electron chi connectivity index (χ1n) is 11.5. The minimum Gasteiger partial charge on any atom is -0.369 e. The molecule has 0 atom stereocenters. The number of hydrogen-bond donors (Lipinski definition) is 1. The number of carbonyl (C=O) groups excluding carboxylic acids is 1. The molecule has 0 radical (unpaired) electrons. The van der Waals surface area contributed by atoms with Gasteiger partial charge in [0, 0.05) is 50.3 Å². The van der Waals surface area contributed by atoms with Crippen molar-refractivity contribution in [2.24, 2.45) is 0 Å². The highest BCUT2D eigenvalue weighted by molar-refractivity contribution is 7.89. The van der Waals surface area contributed by atoms with Crippen molar-refractivity contribution < 1.29 is 13.2 Å². The molecule has 8 nitrogen and oxygen atoms in total. The number of anilines is 2. The quantitative estimate of drug-likeness (QED) is 0.581. The third-order valence-corrected chi connectivity index (χ3v) is 8.15. The van der Waals surface area contributed by atoms with Crippen molar-refractivity contribution in [3.05, 3.63) is 70.9 Å². The third kappa shape index (κ3) is 4.71. The van der Waals surface area contributed by atoms with E-state index >= 15 is 0 Å². The molecule has 0 saturated carbocycles. The lowest BCUT2D eigenvalue weighted by Crippen LogP contribution is -2.49. The summed E-state index contributed by atoms with van der Waals surface area (Å²) in [5, 5.41) is 6.89. The standard InChI is InChI=1S/C25H31N5O3S/c1-5-29-17-22(24(31)26-21-10-6-8-18(2)16-21)25(27-29)34(32,33)30-14-12-28(13-15-30)23-11-7-9-19(3)20(23)4/h6-11,16-17H,5,12-15H2,1-4H3,(H,26,31). The molecule has 2 heterocycles. The van der Waals surface area contributed by atoms with Crippen molar-refractivity contribution in [1.82, 2.24) is 14.1 Å². The van der Waals surface area contributed by atoms with E-state index in [9.17, 15) is 13.2 Å². The van der Waals surface area contributed by atoms with E-state index < -0.39 is 15.9 Å². The molecular weight excluding hydrogens is 450 g/mol. The predicted octanol–water partition coefficient (Wildman–Crippen LogP) is 3.59. The van der Waals surface area contributed by atoms with Gasteiger partial charge in [-0.2, -0.15) is 9.40 Å². The smallest absolute Gasteiger partial charge is 0.263 e. The molecular formula is C25H31N5O3S. The zero-order valence-electron chi connectivity index (χ0n) is 20.1. The summed E-state index contributed by atoms with van der Waals surface area (Å²) in [5.74, 6) is -0.488. The summed E-state index contributed by atoms with van der Waals surface area (Å²) in [4.78, 5) is 15.3. The number of aryl methyl sites for hydroxylation is 3. The molecule has 1 aliphatic heterocycles. The van der Waals surface area contributed by atoms with Crippen molar-refractivity contribution in [3.8, 4) is 0 Å². The van der Waals surface area contributed by atoms with E-state index in [1.165, 1.54) is 26.3 Å². The maximum Gasteiger partial charge on any atom is 0.263 e. The second-order valence-corrected chi connectivity index (χ2v) is 10.5. The molecule has 0 aliphatic carbocycles. The van der Waals surface area contributed by atoms with Crippen molar-refractivity contribution in [2.45, 2.75) is 39.3 Å². The molecule has 180 valence electrons. The van der Waals surface area contributed by atoms with Crippen LogP contribution in [0.2, 0.25) is 0 Å². The molecule has 0 bridgehead atoms. The Morgan fingerprint density at radius 2 is 1.74 bits per heavy atom. The van der Waals surface area contributed by atoms with Crippen LogP contribution in [0.25, 0.3) is 0 Å². The van der Waals surface area contributed by atoms with Crippen LogP contribution < -0.4 is 10.2 Å². The van der Waals surface area contributed by atoms with Crippen LogP contribution in [0.4, 0.5) is 11.4 Å². The van der Waals surface area contributed by atoms with Crippen molar-refractivity contribution >= 4 is 27.3 Å². The van der Waals surface area contributed by atoms with Crippen molar-refractivity contribution in [3.63, 3.8) is 0 Å². The van der Waals surface area contributed by atoms with Crippen LogP contribution in [0, 0.1) is 20.8 Å². The largest absolute Gasteiger partial charge is 0.369 e. The first-order chi connectivity index (χ1) is 16.2. The zero-order chi connectivity index (χ0) is 24.5. The Bertz CT molecular complexity index is 1310. The van der Waals surface area contributed by atoms with Gasteiger partial charge in [0.1, 0.15) is 0 Å². The van der Waals surface area contributed by atoms with Crippen LogP contribution in [0.15, 0.2) is 53.7 Å². The number of benzene rings is 2. The number of rotatable bonds is 6. The molecule has 4 rings (SSSR count). The van der Waals surface area contributed by atoms with E-state index in [-0.39, 0.29) is 10.6 Å². The van der Waals surface area contributed by atoms with Gasteiger partial charge in [0.05, 0.1) is 5.56 Å². The highest BCUT2D eigenvalue weighted by atomic mass is 32.2. The SMILES string of the molecule is CCn1cc(C(=O)Nc2cccc(C)c2)c(S(=O)(=O)N2CCN(c3cccc(C)c3C)CC2)n1. The average molecular weight is 482 g/mol.